The van der Waals surface area contributed by atoms with Gasteiger partial charge in [-0.15, -0.1) is 0 Å². The Morgan fingerprint density at radius 3 is 2.62 bits per heavy atom. The van der Waals surface area contributed by atoms with E-state index in [1.807, 2.05) is 20.8 Å². The summed E-state index contributed by atoms with van der Waals surface area (Å²) in [5.41, 5.74) is 4.49. The molecule has 2 atom stereocenters. The van der Waals surface area contributed by atoms with Crippen LogP contribution in [0.3, 0.4) is 0 Å². The van der Waals surface area contributed by atoms with E-state index < -0.39 is 5.60 Å². The number of carbonyl (C=O) groups excluding carboxylic acids is 2. The molecular formula is C36H48N8O3. The standard InChI is InChI=1S/C36H48N8O3/c1-5-32(45)44-22-21-42(24-28(44)14-17-37)33-29-13-12-27(43-18-8-10-25-9-6-7-11-31(25)43)23-30(29)39-34(40-33)38-26-15-19-41(20-16-26)35(46)47-36(2,3)4/h5-7,9,11,26-28H,1,8,10,12-16,18-24H2,2-4H3,(H,38,39,40). The summed E-state index contributed by atoms with van der Waals surface area (Å²) in [6, 6.07) is 11.3. The maximum Gasteiger partial charge on any atom is 0.410 e. The second-order valence-electron chi connectivity index (χ2n) is 14.2. The van der Waals surface area contributed by atoms with Crippen molar-refractivity contribution in [2.45, 2.75) is 95.9 Å². The summed E-state index contributed by atoms with van der Waals surface area (Å²) in [5.74, 6) is 1.38. The number of aryl methyl sites for hydroxylation is 1. The van der Waals surface area contributed by atoms with Gasteiger partial charge in [0.2, 0.25) is 11.9 Å². The van der Waals surface area contributed by atoms with Gasteiger partial charge in [0.05, 0.1) is 24.2 Å². The van der Waals surface area contributed by atoms with E-state index in [0.29, 0.717) is 44.7 Å². The predicted octanol–water partition coefficient (Wildman–Crippen LogP) is 4.71. The Bertz CT molecular complexity index is 1520. The molecule has 1 aliphatic carbocycles. The van der Waals surface area contributed by atoms with Gasteiger partial charge in [-0.3, -0.25) is 4.79 Å². The van der Waals surface area contributed by atoms with Crippen molar-refractivity contribution in [3.05, 3.63) is 53.7 Å². The maximum atomic E-state index is 12.7. The number of carbonyl (C=O) groups is 2. The fraction of sp³-hybridized carbons (Fsp3) is 0.583. The summed E-state index contributed by atoms with van der Waals surface area (Å²) in [5, 5.41) is 13.2. The highest BCUT2D eigenvalue weighted by molar-refractivity contribution is 5.87. The maximum absolute atomic E-state index is 12.7. The first-order valence-corrected chi connectivity index (χ1v) is 17.2. The molecule has 2 saturated heterocycles. The minimum absolute atomic E-state index is 0.126. The van der Waals surface area contributed by atoms with Gasteiger partial charge in [-0.25, -0.2) is 9.78 Å². The number of hydrogen-bond donors (Lipinski definition) is 1. The average Bonchev–Trinajstić information content (AvgIpc) is 3.06. The number of fused-ring (bicyclic) bond motifs is 2. The van der Waals surface area contributed by atoms with Crippen LogP contribution >= 0.6 is 0 Å². The van der Waals surface area contributed by atoms with E-state index in [1.54, 1.807) is 9.80 Å². The van der Waals surface area contributed by atoms with Gasteiger partial charge in [-0.05, 0) is 77.0 Å². The van der Waals surface area contributed by atoms with Crippen molar-refractivity contribution in [1.82, 2.24) is 19.8 Å². The summed E-state index contributed by atoms with van der Waals surface area (Å²) in [6.45, 7) is 13.3. The second kappa shape index (κ2) is 13.8. The topological polar surface area (TPSA) is 118 Å². The molecule has 47 heavy (non-hydrogen) atoms. The Hall–Kier alpha value is -4.33. The van der Waals surface area contributed by atoms with Crippen molar-refractivity contribution in [1.29, 1.82) is 5.26 Å². The third-order valence-electron chi connectivity index (χ3n) is 9.86. The molecular weight excluding hydrogens is 592 g/mol. The molecule has 1 N–H and O–H groups in total. The monoisotopic (exact) mass is 640 g/mol. The Labute approximate surface area is 278 Å². The molecule has 0 radical (unpaired) electrons. The van der Waals surface area contributed by atoms with E-state index in [2.05, 4.69) is 52.0 Å². The third kappa shape index (κ3) is 7.32. The van der Waals surface area contributed by atoms with E-state index in [-0.39, 0.29) is 30.5 Å². The van der Waals surface area contributed by atoms with E-state index in [4.69, 9.17) is 14.7 Å². The van der Waals surface area contributed by atoms with Crippen molar-refractivity contribution >= 4 is 29.5 Å². The summed E-state index contributed by atoms with van der Waals surface area (Å²) < 4.78 is 5.60. The summed E-state index contributed by atoms with van der Waals surface area (Å²) >= 11 is 0. The number of nitriles is 1. The molecule has 4 heterocycles. The van der Waals surface area contributed by atoms with Crippen LogP contribution in [0.4, 0.5) is 22.2 Å². The fourth-order valence-electron chi connectivity index (χ4n) is 7.56. The Morgan fingerprint density at radius 1 is 1.09 bits per heavy atom. The third-order valence-corrected chi connectivity index (χ3v) is 9.86. The van der Waals surface area contributed by atoms with E-state index in [0.717, 1.165) is 63.0 Å². The van der Waals surface area contributed by atoms with Crippen molar-refractivity contribution < 1.29 is 14.3 Å². The first-order valence-electron chi connectivity index (χ1n) is 17.2. The molecule has 11 heteroatoms. The van der Waals surface area contributed by atoms with Crippen molar-refractivity contribution in [2.24, 2.45) is 0 Å². The number of para-hydroxylation sites is 1. The van der Waals surface area contributed by atoms with Gasteiger partial charge in [-0.2, -0.15) is 10.2 Å². The molecule has 4 aliphatic rings. The highest BCUT2D eigenvalue weighted by atomic mass is 16.6. The molecule has 1 aromatic heterocycles. The number of anilines is 3. The van der Waals surface area contributed by atoms with Crippen LogP contribution in [-0.2, 0) is 28.8 Å². The number of nitrogens with zero attached hydrogens (tertiary/aromatic N) is 7. The lowest BCUT2D eigenvalue weighted by molar-refractivity contribution is -0.128. The average molecular weight is 641 g/mol. The molecule has 0 saturated carbocycles. The van der Waals surface area contributed by atoms with Gasteiger partial charge >= 0.3 is 6.09 Å². The number of piperidine rings is 1. The number of nitrogens with one attached hydrogen (secondary N) is 1. The highest BCUT2D eigenvalue weighted by Crippen LogP contribution is 2.37. The smallest absolute Gasteiger partial charge is 0.410 e. The van der Waals surface area contributed by atoms with Gasteiger partial charge in [0.15, 0.2) is 0 Å². The minimum Gasteiger partial charge on any atom is -0.444 e. The SMILES string of the molecule is C=CC(=O)N1CCN(c2nc(NC3CCN(C(=O)OC(C)(C)C)CC3)nc3c2CCC(N2CCCc4ccccc42)C3)CC1CC#N. The lowest BCUT2D eigenvalue weighted by atomic mass is 9.88. The van der Waals surface area contributed by atoms with Crippen LogP contribution in [-0.4, -0.2) is 94.8 Å². The quantitative estimate of drug-likeness (QED) is 0.448. The van der Waals surface area contributed by atoms with Crippen LogP contribution in [0.2, 0.25) is 0 Å². The van der Waals surface area contributed by atoms with Gasteiger partial charge < -0.3 is 29.7 Å². The molecule has 11 nitrogen and oxygen atoms in total. The zero-order valence-corrected chi connectivity index (χ0v) is 28.1. The van der Waals surface area contributed by atoms with Gasteiger partial charge in [0.1, 0.15) is 11.4 Å². The number of rotatable bonds is 6. The molecule has 0 spiro atoms. The summed E-state index contributed by atoms with van der Waals surface area (Å²) in [7, 11) is 0. The molecule has 2 fully saturated rings. The molecule has 1 aromatic carbocycles. The van der Waals surface area contributed by atoms with Crippen LogP contribution in [0.25, 0.3) is 0 Å². The van der Waals surface area contributed by atoms with Gasteiger partial charge in [0, 0.05) is 69.0 Å². The Kier molecular flexibility index (Phi) is 9.57. The predicted molar refractivity (Wildman–Crippen MR) is 183 cm³/mol. The fourth-order valence-corrected chi connectivity index (χ4v) is 7.56. The first-order chi connectivity index (χ1) is 22.6. The normalized spacial score (nSPS) is 21.7. The van der Waals surface area contributed by atoms with Crippen molar-refractivity contribution in [3.63, 3.8) is 0 Å². The largest absolute Gasteiger partial charge is 0.444 e. The molecule has 0 bridgehead atoms. The molecule has 2 amide bonds. The number of ether oxygens (including phenoxy) is 1. The number of hydrogen-bond acceptors (Lipinski definition) is 9. The Morgan fingerprint density at radius 2 is 1.87 bits per heavy atom. The molecule has 250 valence electrons. The lowest BCUT2D eigenvalue weighted by Gasteiger charge is -2.43. The number of aromatic nitrogens is 2. The number of likely N-dealkylation sites (tertiary alicyclic amines) is 1. The molecule has 3 aliphatic heterocycles. The number of amides is 2. The van der Waals surface area contributed by atoms with Gasteiger partial charge in [0.25, 0.3) is 0 Å². The van der Waals surface area contributed by atoms with Crippen molar-refractivity contribution in [2.75, 3.05) is 54.4 Å². The van der Waals surface area contributed by atoms with Gasteiger partial charge in [-0.1, -0.05) is 24.8 Å². The van der Waals surface area contributed by atoms with E-state index >= 15 is 0 Å². The zero-order chi connectivity index (χ0) is 33.1. The van der Waals surface area contributed by atoms with Crippen LogP contribution in [0, 0.1) is 11.3 Å². The van der Waals surface area contributed by atoms with Crippen LogP contribution in [0.15, 0.2) is 36.9 Å². The van der Waals surface area contributed by atoms with Crippen LogP contribution < -0.4 is 15.1 Å². The first kappa shape index (κ1) is 32.6. The zero-order valence-electron chi connectivity index (χ0n) is 28.1. The molecule has 2 unspecified atom stereocenters. The van der Waals surface area contributed by atoms with E-state index in [9.17, 15) is 14.9 Å². The molecule has 2 aromatic rings. The highest BCUT2D eigenvalue weighted by Gasteiger charge is 2.35. The van der Waals surface area contributed by atoms with Crippen molar-refractivity contribution in [3.8, 4) is 6.07 Å². The minimum atomic E-state index is -0.523. The Balaban J connectivity index is 1.25. The molecule has 6 rings (SSSR count). The number of benzene rings is 1. The lowest BCUT2D eigenvalue weighted by Crippen LogP contribution is -2.55. The van der Waals surface area contributed by atoms with Crippen LogP contribution in [0.5, 0.6) is 0 Å². The second-order valence-corrected chi connectivity index (χ2v) is 14.2. The van der Waals surface area contributed by atoms with Crippen LogP contribution in [0.1, 0.15) is 69.7 Å². The van der Waals surface area contributed by atoms with E-state index in [1.165, 1.54) is 22.9 Å². The summed E-state index contributed by atoms with van der Waals surface area (Å²) in [4.78, 5) is 44.0. The number of piperazine rings is 1. The summed E-state index contributed by atoms with van der Waals surface area (Å²) in [6.07, 6.45) is 7.86.